The van der Waals surface area contributed by atoms with Crippen molar-refractivity contribution in [2.75, 3.05) is 32.0 Å². The summed E-state index contributed by atoms with van der Waals surface area (Å²) < 4.78 is 5.72. The van der Waals surface area contributed by atoms with Crippen LogP contribution in [0.15, 0.2) is 24.3 Å². The molecule has 1 saturated carbocycles. The lowest BCUT2D eigenvalue weighted by Crippen LogP contribution is -2.38. The summed E-state index contributed by atoms with van der Waals surface area (Å²) in [7, 11) is 0. The van der Waals surface area contributed by atoms with E-state index in [0.717, 1.165) is 24.5 Å². The van der Waals surface area contributed by atoms with E-state index in [1.54, 1.807) is 0 Å². The SMILES string of the molecule is Nc1cccc(OCCN(CCO)C2CCCC2)c1. The second kappa shape index (κ2) is 7.36. The molecule has 19 heavy (non-hydrogen) atoms. The molecule has 0 heterocycles. The Kier molecular flexibility index (Phi) is 5.48. The lowest BCUT2D eigenvalue weighted by atomic mass is 10.2. The van der Waals surface area contributed by atoms with Gasteiger partial charge in [-0.05, 0) is 25.0 Å². The van der Waals surface area contributed by atoms with Crippen molar-refractivity contribution in [3.63, 3.8) is 0 Å². The fourth-order valence-electron chi connectivity index (χ4n) is 2.76. The van der Waals surface area contributed by atoms with Crippen molar-refractivity contribution >= 4 is 5.69 Å². The Morgan fingerprint density at radius 2 is 2.05 bits per heavy atom. The Balaban J connectivity index is 1.78. The van der Waals surface area contributed by atoms with Crippen molar-refractivity contribution in [3.05, 3.63) is 24.3 Å². The fourth-order valence-corrected chi connectivity index (χ4v) is 2.76. The normalized spacial score (nSPS) is 16.1. The standard InChI is InChI=1S/C15H24N2O2/c16-13-4-3-7-15(12-13)19-11-9-17(8-10-18)14-5-1-2-6-14/h3-4,7,12,14,18H,1-2,5-6,8-11,16H2. The van der Waals surface area contributed by atoms with Crippen molar-refractivity contribution < 1.29 is 9.84 Å². The maximum Gasteiger partial charge on any atom is 0.121 e. The summed E-state index contributed by atoms with van der Waals surface area (Å²) in [5.74, 6) is 0.815. The summed E-state index contributed by atoms with van der Waals surface area (Å²) >= 11 is 0. The topological polar surface area (TPSA) is 58.7 Å². The molecular formula is C15H24N2O2. The number of hydrogen-bond donors (Lipinski definition) is 2. The van der Waals surface area contributed by atoms with Crippen LogP contribution in [0, 0.1) is 0 Å². The van der Waals surface area contributed by atoms with Gasteiger partial charge in [-0.15, -0.1) is 0 Å². The predicted octanol–water partition coefficient (Wildman–Crippen LogP) is 1.88. The van der Waals surface area contributed by atoms with Gasteiger partial charge in [-0.1, -0.05) is 18.9 Å². The Labute approximate surface area is 115 Å². The second-order valence-electron chi connectivity index (χ2n) is 5.12. The lowest BCUT2D eigenvalue weighted by molar-refractivity contribution is 0.129. The van der Waals surface area contributed by atoms with E-state index in [1.165, 1.54) is 25.7 Å². The fraction of sp³-hybridized carbons (Fsp3) is 0.600. The molecule has 3 N–H and O–H groups in total. The number of hydrogen-bond acceptors (Lipinski definition) is 4. The molecule has 0 aromatic heterocycles. The summed E-state index contributed by atoms with van der Waals surface area (Å²) in [6.07, 6.45) is 5.11. The van der Waals surface area contributed by atoms with Crippen LogP contribution in [-0.2, 0) is 0 Å². The summed E-state index contributed by atoms with van der Waals surface area (Å²) in [5.41, 5.74) is 6.44. The van der Waals surface area contributed by atoms with Gasteiger partial charge < -0.3 is 15.6 Å². The smallest absolute Gasteiger partial charge is 0.121 e. The number of nitrogens with two attached hydrogens (primary N) is 1. The summed E-state index contributed by atoms with van der Waals surface area (Å²) in [4.78, 5) is 2.35. The first-order valence-electron chi connectivity index (χ1n) is 7.13. The molecule has 2 rings (SSSR count). The number of anilines is 1. The highest BCUT2D eigenvalue weighted by Crippen LogP contribution is 2.23. The van der Waals surface area contributed by atoms with Crippen LogP contribution in [0.3, 0.4) is 0 Å². The third-order valence-corrected chi connectivity index (χ3v) is 3.73. The number of aliphatic hydroxyl groups excluding tert-OH is 1. The van der Waals surface area contributed by atoms with Gasteiger partial charge in [0.15, 0.2) is 0 Å². The number of nitrogens with zero attached hydrogens (tertiary/aromatic N) is 1. The van der Waals surface area contributed by atoms with Crippen molar-refractivity contribution in [2.45, 2.75) is 31.7 Å². The third-order valence-electron chi connectivity index (χ3n) is 3.73. The van der Waals surface area contributed by atoms with Crippen molar-refractivity contribution in [3.8, 4) is 5.75 Å². The van der Waals surface area contributed by atoms with Crippen LogP contribution in [0.25, 0.3) is 0 Å². The molecular weight excluding hydrogens is 240 g/mol. The van der Waals surface area contributed by atoms with E-state index in [1.807, 2.05) is 24.3 Å². The van der Waals surface area contributed by atoms with Gasteiger partial charge in [0.2, 0.25) is 0 Å². The molecule has 0 saturated heterocycles. The third kappa shape index (κ3) is 4.40. The summed E-state index contributed by atoms with van der Waals surface area (Å²) in [5, 5.41) is 9.15. The second-order valence-corrected chi connectivity index (χ2v) is 5.12. The molecule has 0 radical (unpaired) electrons. The Bertz CT molecular complexity index is 378. The van der Waals surface area contributed by atoms with E-state index in [9.17, 15) is 0 Å². The molecule has 106 valence electrons. The van der Waals surface area contributed by atoms with E-state index >= 15 is 0 Å². The molecule has 1 fully saturated rings. The zero-order valence-corrected chi connectivity index (χ0v) is 11.4. The molecule has 0 bridgehead atoms. The molecule has 0 spiro atoms. The van der Waals surface area contributed by atoms with E-state index in [2.05, 4.69) is 4.90 Å². The molecule has 0 unspecified atom stereocenters. The number of aliphatic hydroxyl groups is 1. The molecule has 1 aliphatic carbocycles. The lowest BCUT2D eigenvalue weighted by Gasteiger charge is -2.27. The average molecular weight is 264 g/mol. The number of nitrogen functional groups attached to an aromatic ring is 1. The van der Waals surface area contributed by atoms with Crippen molar-refractivity contribution in [1.82, 2.24) is 4.90 Å². The van der Waals surface area contributed by atoms with Crippen LogP contribution in [0.5, 0.6) is 5.75 Å². The van der Waals surface area contributed by atoms with Gasteiger partial charge in [-0.2, -0.15) is 0 Å². The predicted molar refractivity (Wildman–Crippen MR) is 77.3 cm³/mol. The first-order valence-corrected chi connectivity index (χ1v) is 7.13. The van der Waals surface area contributed by atoms with Crippen molar-refractivity contribution in [2.24, 2.45) is 0 Å². The van der Waals surface area contributed by atoms with Crippen LogP contribution < -0.4 is 10.5 Å². The van der Waals surface area contributed by atoms with Gasteiger partial charge in [0.1, 0.15) is 12.4 Å². The largest absolute Gasteiger partial charge is 0.492 e. The van der Waals surface area contributed by atoms with Crippen LogP contribution in [0.2, 0.25) is 0 Å². The number of rotatable bonds is 7. The van der Waals surface area contributed by atoms with Crippen LogP contribution in [0.4, 0.5) is 5.69 Å². The minimum Gasteiger partial charge on any atom is -0.492 e. The summed E-state index contributed by atoms with van der Waals surface area (Å²) in [6.45, 7) is 2.46. The first kappa shape index (κ1) is 14.2. The minimum atomic E-state index is 0.217. The van der Waals surface area contributed by atoms with E-state index in [4.69, 9.17) is 15.6 Å². The van der Waals surface area contributed by atoms with Gasteiger partial charge >= 0.3 is 0 Å². The highest BCUT2D eigenvalue weighted by molar-refractivity contribution is 5.43. The minimum absolute atomic E-state index is 0.217. The number of ether oxygens (including phenoxy) is 1. The molecule has 0 amide bonds. The Morgan fingerprint density at radius 1 is 1.26 bits per heavy atom. The molecule has 0 aliphatic heterocycles. The highest BCUT2D eigenvalue weighted by Gasteiger charge is 2.21. The van der Waals surface area contributed by atoms with Gasteiger partial charge in [-0.25, -0.2) is 0 Å². The molecule has 1 aromatic carbocycles. The van der Waals surface area contributed by atoms with E-state index in [-0.39, 0.29) is 6.61 Å². The molecule has 4 nitrogen and oxygen atoms in total. The Hall–Kier alpha value is -1.26. The molecule has 0 atom stereocenters. The van der Waals surface area contributed by atoms with Gasteiger partial charge in [0.05, 0.1) is 6.61 Å². The number of benzene rings is 1. The molecule has 4 heteroatoms. The summed E-state index contributed by atoms with van der Waals surface area (Å²) in [6, 6.07) is 8.13. The Morgan fingerprint density at radius 3 is 2.74 bits per heavy atom. The molecule has 1 aliphatic rings. The maximum absolute atomic E-state index is 9.15. The van der Waals surface area contributed by atoms with Gasteiger partial charge in [-0.3, -0.25) is 4.90 Å². The quantitative estimate of drug-likeness (QED) is 0.738. The van der Waals surface area contributed by atoms with Crippen LogP contribution in [-0.4, -0.2) is 42.4 Å². The van der Waals surface area contributed by atoms with E-state index in [0.29, 0.717) is 12.6 Å². The average Bonchev–Trinajstić information content (AvgIpc) is 2.91. The van der Waals surface area contributed by atoms with Crippen molar-refractivity contribution in [1.29, 1.82) is 0 Å². The highest BCUT2D eigenvalue weighted by atomic mass is 16.5. The zero-order chi connectivity index (χ0) is 13.5. The van der Waals surface area contributed by atoms with Crippen LogP contribution >= 0.6 is 0 Å². The van der Waals surface area contributed by atoms with Gasteiger partial charge in [0, 0.05) is 30.9 Å². The molecule has 1 aromatic rings. The van der Waals surface area contributed by atoms with E-state index < -0.39 is 0 Å². The monoisotopic (exact) mass is 264 g/mol. The zero-order valence-electron chi connectivity index (χ0n) is 11.4. The van der Waals surface area contributed by atoms with Crippen LogP contribution in [0.1, 0.15) is 25.7 Å². The first-order chi connectivity index (χ1) is 9.29. The maximum atomic E-state index is 9.15. The van der Waals surface area contributed by atoms with Gasteiger partial charge in [0.25, 0.3) is 0 Å².